The van der Waals surface area contributed by atoms with Gasteiger partial charge in [0.2, 0.25) is 0 Å². The molecule has 6 rings (SSSR count). The summed E-state index contributed by atoms with van der Waals surface area (Å²) in [4.78, 5) is 12.9. The van der Waals surface area contributed by atoms with Crippen LogP contribution in [-0.2, 0) is 23.7 Å². The molecule has 3 aliphatic carbocycles. The van der Waals surface area contributed by atoms with Crippen molar-refractivity contribution in [3.05, 3.63) is 0 Å². The van der Waals surface area contributed by atoms with Crippen LogP contribution in [0.5, 0.6) is 0 Å². The molecule has 15 heteroatoms. The number of hydrogen-bond donors (Lipinski definition) is 10. The van der Waals surface area contributed by atoms with Crippen molar-refractivity contribution >= 4 is 5.97 Å². The third-order valence-corrected chi connectivity index (χ3v) is 16.0. The van der Waals surface area contributed by atoms with Crippen LogP contribution in [0.1, 0.15) is 129 Å². The van der Waals surface area contributed by atoms with E-state index in [2.05, 4.69) is 22.9 Å². The van der Waals surface area contributed by atoms with E-state index in [-0.39, 0.29) is 80.2 Å². The van der Waals surface area contributed by atoms with Crippen LogP contribution in [0, 0.1) is 34.5 Å². The summed E-state index contributed by atoms with van der Waals surface area (Å²) in [6.07, 6.45) is 8.86. The van der Waals surface area contributed by atoms with Crippen LogP contribution in [0.4, 0.5) is 0 Å². The highest BCUT2D eigenvalue weighted by atomic mass is 16.5. The number of aliphatic hydroxyl groups is 5. The first-order valence-electron chi connectivity index (χ1n) is 23.7. The highest BCUT2D eigenvalue weighted by molar-refractivity contribution is 5.68. The monoisotopic (exact) mass is 855 g/mol. The lowest BCUT2D eigenvalue weighted by atomic mass is 9.50. The molecule has 348 valence electrons. The maximum Gasteiger partial charge on any atom is 0.303 e. The fourth-order valence-corrected chi connectivity index (χ4v) is 13.2. The molecule has 3 aliphatic heterocycles. The Hall–Kier alpha value is -1.05. The molecule has 11 N–H and O–H groups in total. The van der Waals surface area contributed by atoms with E-state index in [1.807, 2.05) is 0 Å². The molecule has 0 aromatic heterocycles. The van der Waals surface area contributed by atoms with Gasteiger partial charge in [-0.3, -0.25) is 10.1 Å². The fraction of sp³-hybridized carbons (Fsp3) is 0.978. The highest BCUT2D eigenvalue weighted by Crippen LogP contribution is 2.63. The molecule has 0 aromatic carbocycles. The minimum Gasteiger partial charge on any atom is -0.481 e. The Morgan fingerprint density at radius 1 is 0.950 bits per heavy atom. The second-order valence-corrected chi connectivity index (χ2v) is 20.2. The van der Waals surface area contributed by atoms with E-state index in [9.17, 15) is 35.4 Å². The molecule has 1 spiro atoms. The van der Waals surface area contributed by atoms with Crippen molar-refractivity contribution in [2.75, 3.05) is 40.1 Å². The maximum absolute atomic E-state index is 12.9. The molecular formula is C45H82N4O11. The van der Waals surface area contributed by atoms with E-state index >= 15 is 0 Å². The number of rotatable bonds is 19. The Labute approximate surface area is 358 Å². The molecule has 0 aromatic rings. The molecule has 0 amide bonds. The predicted molar refractivity (Wildman–Crippen MR) is 226 cm³/mol. The molecule has 60 heavy (non-hydrogen) atoms. The minimum atomic E-state index is -0.899. The highest BCUT2D eigenvalue weighted by Gasteiger charge is 2.61. The molecule has 3 heterocycles. The van der Waals surface area contributed by atoms with Crippen LogP contribution in [0.15, 0.2) is 0 Å². The molecule has 0 bridgehead atoms. The largest absolute Gasteiger partial charge is 0.481 e. The van der Waals surface area contributed by atoms with Gasteiger partial charge in [-0.15, -0.1) is 0 Å². The van der Waals surface area contributed by atoms with Gasteiger partial charge in [-0.05, 0) is 140 Å². The third-order valence-electron chi connectivity index (χ3n) is 16.0. The quantitative estimate of drug-likeness (QED) is 0.0664. The van der Waals surface area contributed by atoms with Gasteiger partial charge in [-0.1, -0.05) is 12.8 Å². The summed E-state index contributed by atoms with van der Waals surface area (Å²) in [5.41, 5.74) is 5.75. The predicted octanol–water partition coefficient (Wildman–Crippen LogP) is 2.38. The van der Waals surface area contributed by atoms with E-state index < -0.39 is 48.0 Å². The van der Waals surface area contributed by atoms with Gasteiger partial charge < -0.3 is 66.0 Å². The van der Waals surface area contributed by atoms with Gasteiger partial charge >= 0.3 is 5.97 Å². The number of nitrogens with one attached hydrogen (secondary N) is 3. The van der Waals surface area contributed by atoms with Crippen LogP contribution >= 0.6 is 0 Å². The first kappa shape index (κ1) is 48.4. The van der Waals surface area contributed by atoms with E-state index in [1.165, 1.54) is 0 Å². The Bertz CT molecular complexity index is 1310. The normalized spacial score (nSPS) is 42.9. The molecule has 3 saturated carbocycles. The van der Waals surface area contributed by atoms with Gasteiger partial charge in [-0.2, -0.15) is 0 Å². The van der Waals surface area contributed by atoms with Crippen molar-refractivity contribution in [1.82, 2.24) is 16.0 Å². The number of aliphatic carboxylic acids is 1. The summed E-state index contributed by atoms with van der Waals surface area (Å²) in [6.45, 7) is 5.61. The maximum atomic E-state index is 12.9. The SMILES string of the molecule is COC1CC(C2OC(CCC3CCC(O)C(OCNCC(C)O)C3)CC(O)C2CCO)CC(OCC2NC(C)CC3(CCCC3)C2(CC(=O)O)CC2CCNC(N)C2)C1O. The zero-order chi connectivity index (χ0) is 43.0. The Morgan fingerprint density at radius 3 is 2.42 bits per heavy atom. The molecule has 0 radical (unpaired) electrons. The van der Waals surface area contributed by atoms with Crippen molar-refractivity contribution in [2.45, 2.75) is 203 Å². The van der Waals surface area contributed by atoms with Crippen LogP contribution in [0.3, 0.4) is 0 Å². The average molecular weight is 855 g/mol. The molecule has 17 atom stereocenters. The summed E-state index contributed by atoms with van der Waals surface area (Å²) >= 11 is 0. The first-order valence-corrected chi connectivity index (χ1v) is 23.7. The van der Waals surface area contributed by atoms with Gasteiger partial charge in [0, 0.05) is 43.7 Å². The van der Waals surface area contributed by atoms with E-state index in [4.69, 9.17) is 24.7 Å². The summed E-state index contributed by atoms with van der Waals surface area (Å²) < 4.78 is 25.7. The fourth-order valence-electron chi connectivity index (χ4n) is 13.2. The topological polar surface area (TPSA) is 237 Å². The molecule has 6 fully saturated rings. The van der Waals surface area contributed by atoms with Gasteiger partial charge in [0.05, 0.1) is 74.8 Å². The number of piperidine rings is 2. The minimum absolute atomic E-state index is 0.0603. The van der Waals surface area contributed by atoms with Gasteiger partial charge in [0.1, 0.15) is 6.10 Å². The second kappa shape index (κ2) is 22.2. The average Bonchev–Trinajstić information content (AvgIpc) is 3.67. The summed E-state index contributed by atoms with van der Waals surface area (Å²) in [6, 6.07) is -0.0476. The van der Waals surface area contributed by atoms with Crippen LogP contribution in [-0.4, -0.2) is 150 Å². The Balaban J connectivity index is 1.15. The van der Waals surface area contributed by atoms with Crippen LogP contribution in [0.25, 0.3) is 0 Å². The lowest BCUT2D eigenvalue weighted by molar-refractivity contribution is -0.203. The zero-order valence-corrected chi connectivity index (χ0v) is 36.8. The van der Waals surface area contributed by atoms with Crippen molar-refractivity contribution in [3.8, 4) is 0 Å². The number of hydrogen-bond acceptors (Lipinski definition) is 14. The van der Waals surface area contributed by atoms with Crippen molar-refractivity contribution in [3.63, 3.8) is 0 Å². The van der Waals surface area contributed by atoms with Crippen molar-refractivity contribution in [2.24, 2.45) is 40.2 Å². The number of methoxy groups -OCH3 is 1. The number of nitrogens with two attached hydrogens (primary N) is 1. The van der Waals surface area contributed by atoms with Gasteiger partial charge in [-0.25, -0.2) is 0 Å². The van der Waals surface area contributed by atoms with Gasteiger partial charge in [0.25, 0.3) is 0 Å². The van der Waals surface area contributed by atoms with Crippen LogP contribution in [0.2, 0.25) is 0 Å². The van der Waals surface area contributed by atoms with Crippen molar-refractivity contribution in [1.29, 1.82) is 0 Å². The molecule has 6 aliphatic rings. The van der Waals surface area contributed by atoms with E-state index in [1.54, 1.807) is 14.0 Å². The summed E-state index contributed by atoms with van der Waals surface area (Å²) in [5.74, 6) is -0.555. The van der Waals surface area contributed by atoms with E-state index in [0.29, 0.717) is 50.5 Å². The zero-order valence-electron chi connectivity index (χ0n) is 36.8. The molecule has 3 saturated heterocycles. The number of carbonyl (C=O) groups is 1. The van der Waals surface area contributed by atoms with Gasteiger partial charge in [0.15, 0.2) is 0 Å². The lowest BCUT2D eigenvalue weighted by Gasteiger charge is -2.60. The van der Waals surface area contributed by atoms with Crippen LogP contribution < -0.4 is 21.7 Å². The number of carboxylic acid groups (broad SMARTS) is 1. The lowest BCUT2D eigenvalue weighted by Crippen LogP contribution is -2.66. The Morgan fingerprint density at radius 2 is 1.72 bits per heavy atom. The second-order valence-electron chi connectivity index (χ2n) is 20.2. The Kier molecular flexibility index (Phi) is 17.9. The molecular weight excluding hydrogens is 773 g/mol. The summed E-state index contributed by atoms with van der Waals surface area (Å²) in [7, 11) is 1.61. The molecule has 17 unspecified atom stereocenters. The summed E-state index contributed by atoms with van der Waals surface area (Å²) in [5, 5.41) is 74.6. The standard InChI is InChI=1S/C45H82N4O11/c1-27-21-44(12-4-5-13-44)45(23-41(54)55,22-30-10-14-48-40(46)17-30)39(49-27)25-58-38-19-31(18-37(57-3)42(38)56)43-33(11-15-50)35(53)20-32(60-43)8-6-29-7-9-34(52)36(16-29)59-26-47-24-28(2)51/h27-40,42-43,47-53,56H,4-26,46H2,1-3H3,(H,54,55). The van der Waals surface area contributed by atoms with Crippen molar-refractivity contribution < 1.29 is 54.4 Å². The first-order chi connectivity index (χ1) is 28.8. The number of aliphatic hydroxyl groups excluding tert-OH is 5. The smallest absolute Gasteiger partial charge is 0.303 e. The molecule has 15 nitrogen and oxygen atoms in total. The number of carboxylic acids is 1. The number of ether oxygens (including phenoxy) is 4. The van der Waals surface area contributed by atoms with E-state index in [0.717, 1.165) is 83.6 Å². The third kappa shape index (κ3) is 11.8.